The molecule has 0 aliphatic heterocycles. The van der Waals surface area contributed by atoms with Crippen LogP contribution in [0.2, 0.25) is 0 Å². The van der Waals surface area contributed by atoms with E-state index in [1.54, 1.807) is 13.3 Å². The third-order valence-electron chi connectivity index (χ3n) is 2.32. The van der Waals surface area contributed by atoms with E-state index < -0.39 is 0 Å². The van der Waals surface area contributed by atoms with Crippen LogP contribution in [-0.4, -0.2) is 22.2 Å². The Morgan fingerprint density at radius 2 is 2.18 bits per heavy atom. The second-order valence-corrected chi connectivity index (χ2v) is 3.38. The quantitative estimate of drug-likeness (QED) is 0.838. The van der Waals surface area contributed by atoms with Crippen molar-refractivity contribution in [1.82, 2.24) is 9.97 Å². The fraction of sp³-hybridized carbons (Fsp3) is 0.167. The van der Waals surface area contributed by atoms with E-state index in [9.17, 15) is 5.11 Å². The fourth-order valence-electron chi connectivity index (χ4n) is 1.46. The molecule has 0 amide bonds. The Labute approximate surface area is 99.1 Å². The van der Waals surface area contributed by atoms with Crippen molar-refractivity contribution in [2.75, 3.05) is 12.4 Å². The molecule has 0 atom stereocenters. The Morgan fingerprint density at radius 3 is 2.94 bits per heavy atom. The van der Waals surface area contributed by atoms with Crippen LogP contribution in [-0.2, 0) is 6.61 Å². The van der Waals surface area contributed by atoms with Gasteiger partial charge in [-0.25, -0.2) is 9.97 Å². The number of methoxy groups -OCH3 is 1. The van der Waals surface area contributed by atoms with Crippen molar-refractivity contribution in [2.45, 2.75) is 6.61 Å². The minimum Gasteiger partial charge on any atom is -0.495 e. The van der Waals surface area contributed by atoms with Crippen LogP contribution in [0.5, 0.6) is 5.75 Å². The van der Waals surface area contributed by atoms with Crippen molar-refractivity contribution in [3.63, 3.8) is 0 Å². The highest BCUT2D eigenvalue weighted by atomic mass is 16.5. The lowest BCUT2D eigenvalue weighted by Crippen LogP contribution is -2.01. The number of aromatic nitrogens is 2. The summed E-state index contributed by atoms with van der Waals surface area (Å²) in [5.41, 5.74) is 1.43. The van der Waals surface area contributed by atoms with Gasteiger partial charge < -0.3 is 15.2 Å². The lowest BCUT2D eigenvalue weighted by Gasteiger charge is -2.11. The van der Waals surface area contributed by atoms with Gasteiger partial charge in [0, 0.05) is 11.8 Å². The van der Waals surface area contributed by atoms with Gasteiger partial charge in [-0.1, -0.05) is 12.1 Å². The number of hydrogen-bond donors (Lipinski definition) is 2. The molecular formula is C12H13N3O2. The number of benzene rings is 1. The second kappa shape index (κ2) is 5.27. The SMILES string of the molecule is COc1ccccc1Nc1ncncc1CO. The van der Waals surface area contributed by atoms with Crippen LogP contribution in [0.15, 0.2) is 36.8 Å². The number of aliphatic hydroxyl groups excluding tert-OH is 1. The molecule has 0 saturated carbocycles. The first-order valence-electron chi connectivity index (χ1n) is 5.15. The topological polar surface area (TPSA) is 67.3 Å². The van der Waals surface area contributed by atoms with Crippen LogP contribution >= 0.6 is 0 Å². The molecule has 0 aliphatic carbocycles. The summed E-state index contributed by atoms with van der Waals surface area (Å²) in [6, 6.07) is 7.51. The number of nitrogens with one attached hydrogen (secondary N) is 1. The Balaban J connectivity index is 2.31. The minimum atomic E-state index is -0.113. The number of aliphatic hydroxyl groups is 1. The highest BCUT2D eigenvalue weighted by Gasteiger charge is 2.06. The van der Waals surface area contributed by atoms with E-state index in [-0.39, 0.29) is 6.61 Å². The molecule has 5 nitrogen and oxygen atoms in total. The third kappa shape index (κ3) is 2.51. The summed E-state index contributed by atoms with van der Waals surface area (Å²) in [7, 11) is 1.60. The van der Waals surface area contributed by atoms with E-state index >= 15 is 0 Å². The van der Waals surface area contributed by atoms with Gasteiger partial charge >= 0.3 is 0 Å². The molecule has 1 heterocycles. The predicted molar refractivity (Wildman–Crippen MR) is 64.2 cm³/mol. The van der Waals surface area contributed by atoms with Gasteiger partial charge in [-0.2, -0.15) is 0 Å². The highest BCUT2D eigenvalue weighted by Crippen LogP contribution is 2.27. The molecule has 2 N–H and O–H groups in total. The molecule has 0 saturated heterocycles. The average molecular weight is 231 g/mol. The maximum atomic E-state index is 9.17. The smallest absolute Gasteiger partial charge is 0.142 e. The normalized spacial score (nSPS) is 10.0. The van der Waals surface area contributed by atoms with E-state index in [1.807, 2.05) is 24.3 Å². The van der Waals surface area contributed by atoms with Crippen LogP contribution in [0.1, 0.15) is 5.56 Å². The van der Waals surface area contributed by atoms with Crippen molar-refractivity contribution in [2.24, 2.45) is 0 Å². The van der Waals surface area contributed by atoms with Crippen LogP contribution in [0.25, 0.3) is 0 Å². The van der Waals surface area contributed by atoms with Crippen molar-refractivity contribution in [3.05, 3.63) is 42.4 Å². The third-order valence-corrected chi connectivity index (χ3v) is 2.32. The largest absolute Gasteiger partial charge is 0.495 e. The summed E-state index contributed by atoms with van der Waals surface area (Å²) in [6.45, 7) is -0.113. The number of nitrogens with zero attached hydrogens (tertiary/aromatic N) is 2. The number of hydrogen-bond acceptors (Lipinski definition) is 5. The standard InChI is InChI=1S/C12H13N3O2/c1-17-11-5-3-2-4-10(11)15-12-9(7-16)6-13-8-14-12/h2-6,8,16H,7H2,1H3,(H,13,14,15). The second-order valence-electron chi connectivity index (χ2n) is 3.38. The summed E-state index contributed by atoms with van der Waals surface area (Å²) in [5.74, 6) is 1.29. The van der Waals surface area contributed by atoms with Crippen molar-refractivity contribution >= 4 is 11.5 Å². The first kappa shape index (κ1) is 11.3. The summed E-state index contributed by atoms with van der Waals surface area (Å²) in [4.78, 5) is 7.94. The van der Waals surface area contributed by atoms with Gasteiger partial charge in [0.05, 0.1) is 19.4 Å². The number of ether oxygens (including phenoxy) is 1. The zero-order chi connectivity index (χ0) is 12.1. The summed E-state index contributed by atoms with van der Waals surface area (Å²) >= 11 is 0. The van der Waals surface area contributed by atoms with E-state index in [1.165, 1.54) is 6.33 Å². The zero-order valence-corrected chi connectivity index (χ0v) is 9.42. The fourth-order valence-corrected chi connectivity index (χ4v) is 1.46. The van der Waals surface area contributed by atoms with Crippen molar-refractivity contribution in [1.29, 1.82) is 0 Å². The lowest BCUT2D eigenvalue weighted by molar-refractivity contribution is 0.281. The van der Waals surface area contributed by atoms with Crippen molar-refractivity contribution < 1.29 is 9.84 Å². The van der Waals surface area contributed by atoms with E-state index in [0.29, 0.717) is 11.4 Å². The van der Waals surface area contributed by atoms with Crippen molar-refractivity contribution in [3.8, 4) is 5.75 Å². The monoisotopic (exact) mass is 231 g/mol. The maximum absolute atomic E-state index is 9.17. The molecule has 5 heteroatoms. The first-order valence-corrected chi connectivity index (χ1v) is 5.15. The van der Waals surface area contributed by atoms with E-state index in [4.69, 9.17) is 4.74 Å². The summed E-state index contributed by atoms with van der Waals surface area (Å²) < 4.78 is 5.22. The Kier molecular flexibility index (Phi) is 3.52. The van der Waals surface area contributed by atoms with Gasteiger partial charge in [0.1, 0.15) is 17.9 Å². The van der Waals surface area contributed by atoms with Gasteiger partial charge in [-0.15, -0.1) is 0 Å². The Hall–Kier alpha value is -2.14. The molecule has 1 aromatic heterocycles. The van der Waals surface area contributed by atoms with Gasteiger partial charge in [-0.3, -0.25) is 0 Å². The molecule has 2 aromatic rings. The van der Waals surface area contributed by atoms with Crippen LogP contribution in [0.3, 0.4) is 0 Å². The molecule has 88 valence electrons. The minimum absolute atomic E-state index is 0.113. The summed E-state index contributed by atoms with van der Waals surface area (Å²) in [6.07, 6.45) is 3.00. The van der Waals surface area contributed by atoms with Gasteiger partial charge in [0.25, 0.3) is 0 Å². The summed E-state index contributed by atoms with van der Waals surface area (Å²) in [5, 5.41) is 12.3. The van der Waals surface area contributed by atoms with Gasteiger partial charge in [0.2, 0.25) is 0 Å². The molecule has 1 aromatic carbocycles. The highest BCUT2D eigenvalue weighted by molar-refractivity contribution is 5.65. The van der Waals surface area contributed by atoms with E-state index in [2.05, 4.69) is 15.3 Å². The molecule has 0 fully saturated rings. The molecule has 0 unspecified atom stereocenters. The Morgan fingerprint density at radius 1 is 1.35 bits per heavy atom. The molecule has 17 heavy (non-hydrogen) atoms. The maximum Gasteiger partial charge on any atom is 0.142 e. The molecule has 0 bridgehead atoms. The lowest BCUT2D eigenvalue weighted by atomic mass is 10.2. The Bertz CT molecular complexity index is 457. The van der Waals surface area contributed by atoms with Gasteiger partial charge in [0.15, 0.2) is 0 Å². The number of anilines is 2. The average Bonchev–Trinajstić information content (AvgIpc) is 2.40. The number of para-hydroxylation sites is 2. The zero-order valence-electron chi connectivity index (χ0n) is 9.42. The first-order chi connectivity index (χ1) is 8.35. The molecule has 2 rings (SSSR count). The van der Waals surface area contributed by atoms with E-state index in [0.717, 1.165) is 11.4 Å². The molecule has 0 spiro atoms. The predicted octanol–water partition coefficient (Wildman–Crippen LogP) is 1.72. The van der Waals surface area contributed by atoms with Crippen LogP contribution in [0.4, 0.5) is 11.5 Å². The molecule has 0 radical (unpaired) electrons. The van der Waals surface area contributed by atoms with Crippen LogP contribution in [0, 0.1) is 0 Å². The van der Waals surface area contributed by atoms with Gasteiger partial charge in [-0.05, 0) is 12.1 Å². The number of rotatable bonds is 4. The molecule has 0 aliphatic rings. The molecular weight excluding hydrogens is 218 g/mol. The van der Waals surface area contributed by atoms with Crippen LogP contribution < -0.4 is 10.1 Å².